The monoisotopic (exact) mass is 479 g/mol. The summed E-state index contributed by atoms with van der Waals surface area (Å²) in [6.07, 6.45) is 3.90. The molecule has 0 saturated heterocycles. The summed E-state index contributed by atoms with van der Waals surface area (Å²) >= 11 is 0. The van der Waals surface area contributed by atoms with E-state index in [1.807, 2.05) is 6.07 Å². The molecule has 0 aliphatic carbocycles. The quantitative estimate of drug-likeness (QED) is 0.214. The van der Waals surface area contributed by atoms with E-state index < -0.39 is 17.5 Å². The molecule has 142 valence electrons. The van der Waals surface area contributed by atoms with E-state index in [9.17, 15) is 13.2 Å². The van der Waals surface area contributed by atoms with Crippen molar-refractivity contribution in [3.05, 3.63) is 72.0 Å². The summed E-state index contributed by atoms with van der Waals surface area (Å²) in [4.78, 5) is 6.15. The van der Waals surface area contributed by atoms with Crippen LogP contribution in [0.4, 0.5) is 13.2 Å². The van der Waals surface area contributed by atoms with Crippen molar-refractivity contribution in [3.63, 3.8) is 0 Å². The summed E-state index contributed by atoms with van der Waals surface area (Å²) < 4.78 is 45.0. The summed E-state index contributed by atoms with van der Waals surface area (Å²) in [6.45, 7) is 4.76. The average molecular weight is 479 g/mol. The molecule has 0 atom stereocenters. The number of benzene rings is 1. The molecule has 0 aliphatic rings. The molecule has 0 aliphatic heterocycles. The third kappa shape index (κ3) is 6.40. The molecule has 2 rings (SSSR count). The maximum Gasteiger partial charge on any atom is 0.194 e. The van der Waals surface area contributed by atoms with E-state index in [1.165, 1.54) is 0 Å². The molecule has 4 nitrogen and oxygen atoms in total. The Morgan fingerprint density at radius 3 is 2.58 bits per heavy atom. The first kappa shape index (κ1) is 22.1. The van der Waals surface area contributed by atoms with Crippen molar-refractivity contribution in [1.82, 2.24) is 10.2 Å². The Hall–Kier alpha value is -1.97. The summed E-state index contributed by atoms with van der Waals surface area (Å²) in [7, 11) is 1.72. The molecule has 1 aromatic heterocycles. The van der Waals surface area contributed by atoms with Gasteiger partial charge in [-0.2, -0.15) is 0 Å². The van der Waals surface area contributed by atoms with Gasteiger partial charge in [0.2, 0.25) is 0 Å². The zero-order chi connectivity index (χ0) is 18.2. The van der Waals surface area contributed by atoms with Gasteiger partial charge in [0.15, 0.2) is 23.4 Å². The fourth-order valence-electron chi connectivity index (χ4n) is 2.25. The second kappa shape index (κ2) is 10.9. The minimum atomic E-state index is -1.47. The summed E-state index contributed by atoms with van der Waals surface area (Å²) in [5, 5.41) is 3.08. The lowest BCUT2D eigenvalue weighted by Gasteiger charge is -2.22. The fourth-order valence-corrected chi connectivity index (χ4v) is 2.25. The van der Waals surface area contributed by atoms with Crippen molar-refractivity contribution < 1.29 is 17.6 Å². The van der Waals surface area contributed by atoms with Gasteiger partial charge in [0.25, 0.3) is 0 Å². The second-order valence-electron chi connectivity index (χ2n) is 5.43. The van der Waals surface area contributed by atoms with Gasteiger partial charge in [-0.3, -0.25) is 4.99 Å². The molecule has 0 spiro atoms. The maximum absolute atomic E-state index is 13.4. The molecule has 8 heteroatoms. The first-order chi connectivity index (χ1) is 12.0. The Kier molecular flexibility index (Phi) is 9.25. The van der Waals surface area contributed by atoms with Gasteiger partial charge in [-0.15, -0.1) is 30.6 Å². The number of aliphatic imine (C=N–C) groups is 1. The van der Waals surface area contributed by atoms with Crippen LogP contribution in [-0.4, -0.2) is 31.0 Å². The van der Waals surface area contributed by atoms with Gasteiger partial charge in [-0.05, 0) is 29.8 Å². The number of rotatable bonds is 7. The highest BCUT2D eigenvalue weighted by atomic mass is 127. The van der Waals surface area contributed by atoms with Crippen LogP contribution in [0.1, 0.15) is 11.3 Å². The van der Waals surface area contributed by atoms with Gasteiger partial charge in [0, 0.05) is 33.1 Å². The Morgan fingerprint density at radius 1 is 1.31 bits per heavy atom. The van der Waals surface area contributed by atoms with E-state index in [-0.39, 0.29) is 30.5 Å². The first-order valence-corrected chi connectivity index (χ1v) is 7.77. The van der Waals surface area contributed by atoms with Crippen LogP contribution in [-0.2, 0) is 13.0 Å². The minimum Gasteiger partial charge on any atom is -0.469 e. The number of hydrogen-bond donors (Lipinski definition) is 1. The second-order valence-corrected chi connectivity index (χ2v) is 5.43. The lowest BCUT2D eigenvalue weighted by Crippen LogP contribution is -2.38. The Morgan fingerprint density at radius 2 is 2.00 bits per heavy atom. The molecule has 0 amide bonds. The first-order valence-electron chi connectivity index (χ1n) is 7.77. The van der Waals surface area contributed by atoms with Crippen molar-refractivity contribution in [2.45, 2.75) is 13.0 Å². The van der Waals surface area contributed by atoms with Gasteiger partial charge in [-0.1, -0.05) is 6.08 Å². The molecule has 0 fully saturated rings. The van der Waals surface area contributed by atoms with Crippen LogP contribution in [0.5, 0.6) is 0 Å². The highest BCUT2D eigenvalue weighted by Gasteiger charge is 2.13. The number of hydrogen-bond acceptors (Lipinski definition) is 2. The van der Waals surface area contributed by atoms with Gasteiger partial charge in [0.1, 0.15) is 5.76 Å². The average Bonchev–Trinajstić information content (AvgIpc) is 3.09. The van der Waals surface area contributed by atoms with E-state index in [2.05, 4.69) is 16.9 Å². The third-order valence-corrected chi connectivity index (χ3v) is 3.43. The molecule has 1 aromatic carbocycles. The standard InChI is InChI=1S/C18H20F3N3O.HI/c1-3-7-22-18(23-8-6-14-5-4-9-25-14)24(2)12-13-10-15(19)17(21)16(20)11-13;/h3-5,9-11H,1,6-8,12H2,2H3,(H,22,23);1H. The molecule has 0 radical (unpaired) electrons. The SMILES string of the molecule is C=CCNC(=NCCc1ccco1)N(C)Cc1cc(F)c(F)c(F)c1.I. The topological polar surface area (TPSA) is 40.8 Å². The van der Waals surface area contributed by atoms with Crippen LogP contribution in [0.3, 0.4) is 0 Å². The lowest BCUT2D eigenvalue weighted by molar-refractivity contribution is 0.434. The number of furan rings is 1. The predicted octanol–water partition coefficient (Wildman–Crippen LogP) is 4.12. The highest BCUT2D eigenvalue weighted by molar-refractivity contribution is 14.0. The minimum absolute atomic E-state index is 0. The third-order valence-electron chi connectivity index (χ3n) is 3.43. The molecule has 1 N–H and O–H groups in total. The Bertz CT molecular complexity index is 712. The molecule has 1 heterocycles. The summed E-state index contributed by atoms with van der Waals surface area (Å²) in [5.74, 6) is -2.53. The Labute approximate surface area is 167 Å². The van der Waals surface area contributed by atoms with E-state index in [0.717, 1.165) is 17.9 Å². The van der Waals surface area contributed by atoms with E-state index in [0.29, 0.717) is 31.0 Å². The molecule has 0 bridgehead atoms. The molecule has 2 aromatic rings. The van der Waals surface area contributed by atoms with Crippen molar-refractivity contribution >= 4 is 29.9 Å². The van der Waals surface area contributed by atoms with Crippen LogP contribution < -0.4 is 5.32 Å². The maximum atomic E-state index is 13.4. The summed E-state index contributed by atoms with van der Waals surface area (Å²) in [5.41, 5.74) is 0.304. The fraction of sp³-hybridized carbons (Fsp3) is 0.278. The smallest absolute Gasteiger partial charge is 0.194 e. The van der Waals surface area contributed by atoms with Crippen molar-refractivity contribution in [3.8, 4) is 0 Å². The molecular weight excluding hydrogens is 458 g/mol. The van der Waals surface area contributed by atoms with Gasteiger partial charge >= 0.3 is 0 Å². The normalized spacial score (nSPS) is 11.0. The number of halogens is 4. The number of nitrogens with one attached hydrogen (secondary N) is 1. The van der Waals surface area contributed by atoms with Gasteiger partial charge in [-0.25, -0.2) is 13.2 Å². The van der Waals surface area contributed by atoms with Crippen LogP contribution in [0.15, 0.2) is 52.6 Å². The van der Waals surface area contributed by atoms with Crippen molar-refractivity contribution in [2.75, 3.05) is 20.1 Å². The predicted molar refractivity (Wildman–Crippen MR) is 106 cm³/mol. The van der Waals surface area contributed by atoms with Crippen LogP contribution in [0, 0.1) is 17.5 Å². The van der Waals surface area contributed by atoms with E-state index in [4.69, 9.17) is 4.42 Å². The van der Waals surface area contributed by atoms with Crippen molar-refractivity contribution in [1.29, 1.82) is 0 Å². The highest BCUT2D eigenvalue weighted by Crippen LogP contribution is 2.15. The molecule has 0 unspecified atom stereocenters. The van der Waals surface area contributed by atoms with E-state index >= 15 is 0 Å². The van der Waals surface area contributed by atoms with Gasteiger partial charge in [0.05, 0.1) is 6.26 Å². The van der Waals surface area contributed by atoms with Crippen LogP contribution in [0.2, 0.25) is 0 Å². The van der Waals surface area contributed by atoms with E-state index in [1.54, 1.807) is 30.4 Å². The zero-order valence-electron chi connectivity index (χ0n) is 14.3. The number of nitrogens with zero attached hydrogens (tertiary/aromatic N) is 2. The molecular formula is C18H21F3IN3O. The number of guanidine groups is 1. The summed E-state index contributed by atoms with van der Waals surface area (Å²) in [6, 6.07) is 5.62. The van der Waals surface area contributed by atoms with Crippen LogP contribution >= 0.6 is 24.0 Å². The van der Waals surface area contributed by atoms with Crippen molar-refractivity contribution in [2.24, 2.45) is 4.99 Å². The Balaban J connectivity index is 0.00000338. The molecule has 0 saturated carbocycles. The lowest BCUT2D eigenvalue weighted by atomic mass is 10.2. The zero-order valence-corrected chi connectivity index (χ0v) is 16.7. The molecule has 26 heavy (non-hydrogen) atoms. The van der Waals surface area contributed by atoms with Crippen LogP contribution in [0.25, 0.3) is 0 Å². The largest absolute Gasteiger partial charge is 0.469 e. The van der Waals surface area contributed by atoms with Gasteiger partial charge < -0.3 is 14.6 Å².